The zero-order chi connectivity index (χ0) is 20.5. The van der Waals surface area contributed by atoms with E-state index >= 15 is 0 Å². The molecule has 2 amide bonds. The first-order valence-electron chi connectivity index (χ1n) is 8.92. The average Bonchev–Trinajstić information content (AvgIpc) is 3.34. The molecule has 1 N–H and O–H groups in total. The van der Waals surface area contributed by atoms with E-state index < -0.39 is 5.92 Å². The first kappa shape index (κ1) is 19.2. The van der Waals surface area contributed by atoms with Gasteiger partial charge in [0, 0.05) is 30.8 Å². The second kappa shape index (κ2) is 7.71. The molecule has 0 aliphatic carbocycles. The van der Waals surface area contributed by atoms with Crippen LogP contribution in [0.2, 0.25) is 5.02 Å². The van der Waals surface area contributed by atoms with Crippen molar-refractivity contribution in [3.8, 4) is 23.0 Å². The van der Waals surface area contributed by atoms with E-state index in [2.05, 4.69) is 5.32 Å². The van der Waals surface area contributed by atoms with E-state index in [9.17, 15) is 9.59 Å². The maximum absolute atomic E-state index is 12.8. The monoisotopic (exact) mass is 418 g/mol. The molecule has 1 atom stereocenters. The van der Waals surface area contributed by atoms with E-state index in [1.54, 1.807) is 35.2 Å². The third-order valence-corrected chi connectivity index (χ3v) is 5.19. The molecule has 9 heteroatoms. The maximum atomic E-state index is 12.8. The SMILES string of the molecule is COc1cc(OC)c(NC(=O)C2CC(=O)N(c3ccc4c(c3)OCO4)C2)cc1Cl. The Kier molecular flexibility index (Phi) is 5.10. The zero-order valence-electron chi connectivity index (χ0n) is 15.9. The van der Waals surface area contributed by atoms with Gasteiger partial charge < -0.3 is 29.2 Å². The van der Waals surface area contributed by atoms with Gasteiger partial charge in [-0.2, -0.15) is 0 Å². The van der Waals surface area contributed by atoms with Gasteiger partial charge in [-0.05, 0) is 18.2 Å². The number of nitrogens with one attached hydrogen (secondary N) is 1. The largest absolute Gasteiger partial charge is 0.495 e. The van der Waals surface area contributed by atoms with Gasteiger partial charge in [0.1, 0.15) is 11.5 Å². The van der Waals surface area contributed by atoms with Gasteiger partial charge in [-0.1, -0.05) is 11.6 Å². The molecule has 29 heavy (non-hydrogen) atoms. The van der Waals surface area contributed by atoms with Gasteiger partial charge >= 0.3 is 0 Å². The van der Waals surface area contributed by atoms with Crippen LogP contribution in [0.3, 0.4) is 0 Å². The van der Waals surface area contributed by atoms with E-state index in [0.717, 1.165) is 0 Å². The normalized spacial score (nSPS) is 17.4. The van der Waals surface area contributed by atoms with Crippen LogP contribution in [0.15, 0.2) is 30.3 Å². The molecule has 0 aromatic heterocycles. The van der Waals surface area contributed by atoms with Crippen molar-refractivity contribution >= 4 is 34.8 Å². The highest BCUT2D eigenvalue weighted by molar-refractivity contribution is 6.32. The summed E-state index contributed by atoms with van der Waals surface area (Å²) < 4.78 is 21.1. The Labute approximate surface area is 172 Å². The third kappa shape index (κ3) is 3.63. The van der Waals surface area contributed by atoms with Crippen molar-refractivity contribution in [3.05, 3.63) is 35.4 Å². The Hall–Kier alpha value is -3.13. The minimum absolute atomic E-state index is 0.104. The number of anilines is 2. The lowest BCUT2D eigenvalue weighted by Crippen LogP contribution is -2.28. The lowest BCUT2D eigenvalue weighted by molar-refractivity contribution is -0.122. The van der Waals surface area contributed by atoms with E-state index in [4.69, 9.17) is 30.5 Å². The Morgan fingerprint density at radius 2 is 1.90 bits per heavy atom. The van der Waals surface area contributed by atoms with Crippen LogP contribution in [-0.2, 0) is 9.59 Å². The first-order chi connectivity index (χ1) is 14.0. The lowest BCUT2D eigenvalue weighted by atomic mass is 10.1. The van der Waals surface area contributed by atoms with Gasteiger partial charge in [0.2, 0.25) is 18.6 Å². The van der Waals surface area contributed by atoms with E-state index in [0.29, 0.717) is 39.4 Å². The molecule has 1 unspecified atom stereocenters. The van der Waals surface area contributed by atoms with Crippen LogP contribution in [0.1, 0.15) is 6.42 Å². The summed E-state index contributed by atoms with van der Waals surface area (Å²) in [4.78, 5) is 26.9. The Morgan fingerprint density at radius 3 is 2.66 bits per heavy atom. The molecular weight excluding hydrogens is 400 g/mol. The van der Waals surface area contributed by atoms with Gasteiger partial charge in [0.15, 0.2) is 11.5 Å². The Bertz CT molecular complexity index is 980. The van der Waals surface area contributed by atoms with Crippen molar-refractivity contribution in [2.24, 2.45) is 5.92 Å². The number of benzene rings is 2. The number of carbonyl (C=O) groups excluding carboxylic acids is 2. The summed E-state index contributed by atoms with van der Waals surface area (Å²) in [5.41, 5.74) is 1.08. The van der Waals surface area contributed by atoms with Crippen molar-refractivity contribution in [2.45, 2.75) is 6.42 Å². The molecular formula is C20H19ClN2O6. The fourth-order valence-electron chi connectivity index (χ4n) is 3.38. The number of fused-ring (bicyclic) bond motifs is 1. The summed E-state index contributed by atoms with van der Waals surface area (Å²) in [6, 6.07) is 8.42. The molecule has 0 radical (unpaired) electrons. The number of ether oxygens (including phenoxy) is 4. The predicted molar refractivity (Wildman–Crippen MR) is 106 cm³/mol. The highest BCUT2D eigenvalue weighted by atomic mass is 35.5. The van der Waals surface area contributed by atoms with E-state index in [1.165, 1.54) is 14.2 Å². The number of amides is 2. The molecule has 2 aromatic carbocycles. The molecule has 8 nitrogen and oxygen atoms in total. The summed E-state index contributed by atoms with van der Waals surface area (Å²) in [7, 11) is 2.98. The zero-order valence-corrected chi connectivity index (χ0v) is 16.6. The summed E-state index contributed by atoms with van der Waals surface area (Å²) in [5.74, 6) is 1.13. The van der Waals surface area contributed by atoms with Crippen molar-refractivity contribution in [3.63, 3.8) is 0 Å². The van der Waals surface area contributed by atoms with Crippen LogP contribution in [0.5, 0.6) is 23.0 Å². The molecule has 2 aliphatic heterocycles. The van der Waals surface area contributed by atoms with E-state index in [-0.39, 0.29) is 31.6 Å². The van der Waals surface area contributed by atoms with Crippen LogP contribution in [0, 0.1) is 5.92 Å². The number of hydrogen-bond acceptors (Lipinski definition) is 6. The molecule has 0 bridgehead atoms. The number of rotatable bonds is 5. The second-order valence-electron chi connectivity index (χ2n) is 6.62. The highest BCUT2D eigenvalue weighted by Crippen LogP contribution is 2.38. The molecule has 0 saturated carbocycles. The number of hydrogen-bond donors (Lipinski definition) is 1. The second-order valence-corrected chi connectivity index (χ2v) is 7.03. The molecule has 1 saturated heterocycles. The lowest BCUT2D eigenvalue weighted by Gasteiger charge is -2.18. The average molecular weight is 419 g/mol. The Balaban J connectivity index is 1.49. The van der Waals surface area contributed by atoms with Gasteiger partial charge in [0.05, 0.1) is 30.8 Å². The summed E-state index contributed by atoms with van der Waals surface area (Å²) in [6.07, 6.45) is 0.104. The van der Waals surface area contributed by atoms with Gasteiger partial charge in [0.25, 0.3) is 0 Å². The maximum Gasteiger partial charge on any atom is 0.231 e. The molecule has 4 rings (SSSR count). The standard InChI is InChI=1S/C20H19ClN2O6/c1-26-16-8-17(27-2)14(7-13(16)21)22-20(25)11-5-19(24)23(9-11)12-3-4-15-18(6-12)29-10-28-15/h3-4,6-8,11H,5,9-10H2,1-2H3,(H,22,25). The minimum Gasteiger partial charge on any atom is -0.495 e. The van der Waals surface area contributed by atoms with Crippen molar-refractivity contribution in [2.75, 3.05) is 37.8 Å². The van der Waals surface area contributed by atoms with Crippen molar-refractivity contribution in [1.29, 1.82) is 0 Å². The highest BCUT2D eigenvalue weighted by Gasteiger charge is 2.36. The van der Waals surface area contributed by atoms with Crippen LogP contribution in [0.4, 0.5) is 11.4 Å². The molecule has 152 valence electrons. The van der Waals surface area contributed by atoms with Gasteiger partial charge in [-0.25, -0.2) is 0 Å². The fourth-order valence-corrected chi connectivity index (χ4v) is 3.62. The number of nitrogens with zero attached hydrogens (tertiary/aromatic N) is 1. The fraction of sp³-hybridized carbons (Fsp3) is 0.300. The number of carbonyl (C=O) groups is 2. The van der Waals surface area contributed by atoms with Crippen LogP contribution >= 0.6 is 11.6 Å². The third-order valence-electron chi connectivity index (χ3n) is 4.90. The van der Waals surface area contributed by atoms with Crippen molar-refractivity contribution < 1.29 is 28.5 Å². The van der Waals surface area contributed by atoms with Crippen molar-refractivity contribution in [1.82, 2.24) is 0 Å². The van der Waals surface area contributed by atoms with Crippen LogP contribution in [0.25, 0.3) is 0 Å². The molecule has 2 aliphatic rings. The van der Waals surface area contributed by atoms with Gasteiger partial charge in [-0.3, -0.25) is 9.59 Å². The summed E-state index contributed by atoms with van der Waals surface area (Å²) >= 11 is 6.16. The smallest absolute Gasteiger partial charge is 0.231 e. The molecule has 2 heterocycles. The predicted octanol–water partition coefficient (Wildman–Crippen LogP) is 3.08. The number of halogens is 1. The summed E-state index contributed by atoms with van der Waals surface area (Å²) in [5, 5.41) is 3.14. The molecule has 2 aromatic rings. The summed E-state index contributed by atoms with van der Waals surface area (Å²) in [6.45, 7) is 0.417. The first-order valence-corrected chi connectivity index (χ1v) is 9.30. The van der Waals surface area contributed by atoms with E-state index in [1.807, 2.05) is 0 Å². The number of methoxy groups -OCH3 is 2. The topological polar surface area (TPSA) is 86.3 Å². The van der Waals surface area contributed by atoms with Gasteiger partial charge in [-0.15, -0.1) is 0 Å². The quantitative estimate of drug-likeness (QED) is 0.803. The Morgan fingerprint density at radius 1 is 1.14 bits per heavy atom. The molecule has 0 spiro atoms. The van der Waals surface area contributed by atoms with Crippen LogP contribution < -0.4 is 29.2 Å². The molecule has 1 fully saturated rings. The minimum atomic E-state index is -0.515. The van der Waals surface area contributed by atoms with Crippen LogP contribution in [-0.4, -0.2) is 39.4 Å².